The first-order chi connectivity index (χ1) is 8.65. The van der Waals surface area contributed by atoms with Crippen LogP contribution in [0, 0.1) is 6.92 Å². The van der Waals surface area contributed by atoms with Crippen molar-refractivity contribution in [3.63, 3.8) is 0 Å². The van der Waals surface area contributed by atoms with Crippen LogP contribution in [-0.4, -0.2) is 21.0 Å². The van der Waals surface area contributed by atoms with Crippen molar-refractivity contribution in [1.29, 1.82) is 0 Å². The van der Waals surface area contributed by atoms with E-state index >= 15 is 0 Å². The highest BCUT2D eigenvalue weighted by molar-refractivity contribution is 5.94. The molecular formula is C13H13N3O2. The van der Waals surface area contributed by atoms with Gasteiger partial charge in [-0.15, -0.1) is 0 Å². The molecule has 1 heterocycles. The molecule has 1 aromatic carbocycles. The molecule has 2 N–H and O–H groups in total. The lowest BCUT2D eigenvalue weighted by Gasteiger charge is -2.05. The lowest BCUT2D eigenvalue weighted by Crippen LogP contribution is -2.23. The second-order valence-electron chi connectivity index (χ2n) is 3.83. The monoisotopic (exact) mass is 243 g/mol. The van der Waals surface area contributed by atoms with E-state index in [1.54, 1.807) is 31.3 Å². The van der Waals surface area contributed by atoms with Crippen molar-refractivity contribution in [2.75, 3.05) is 0 Å². The number of hydrogen-bond donors (Lipinski definition) is 2. The van der Waals surface area contributed by atoms with Crippen LogP contribution in [0.4, 0.5) is 0 Å². The van der Waals surface area contributed by atoms with Crippen molar-refractivity contribution in [3.05, 3.63) is 53.6 Å². The van der Waals surface area contributed by atoms with Gasteiger partial charge < -0.3 is 10.4 Å². The molecule has 2 rings (SSSR count). The Balaban J connectivity index is 2.00. The topological polar surface area (TPSA) is 75.1 Å². The molecule has 5 heteroatoms. The second kappa shape index (κ2) is 5.27. The van der Waals surface area contributed by atoms with E-state index in [0.717, 1.165) is 5.69 Å². The Bertz CT molecular complexity index is 570. The Hall–Kier alpha value is -2.43. The first-order valence-corrected chi connectivity index (χ1v) is 5.51. The van der Waals surface area contributed by atoms with Crippen molar-refractivity contribution < 1.29 is 9.90 Å². The van der Waals surface area contributed by atoms with Gasteiger partial charge in [0.15, 0.2) is 0 Å². The van der Waals surface area contributed by atoms with Crippen LogP contribution in [0.3, 0.4) is 0 Å². The third kappa shape index (κ3) is 3.04. The summed E-state index contributed by atoms with van der Waals surface area (Å²) in [6.07, 6.45) is 1.65. The van der Waals surface area contributed by atoms with Crippen molar-refractivity contribution in [2.45, 2.75) is 13.5 Å². The lowest BCUT2D eigenvalue weighted by atomic mass is 10.2. The lowest BCUT2D eigenvalue weighted by molar-refractivity contribution is 0.0950. The summed E-state index contributed by atoms with van der Waals surface area (Å²) >= 11 is 0. The number of aromatic hydroxyl groups is 1. The number of aromatic nitrogens is 2. The SMILES string of the molecule is Cc1nccc(CNC(=O)c2cccc(O)c2)n1. The molecule has 92 valence electrons. The molecule has 0 radical (unpaired) electrons. The first-order valence-electron chi connectivity index (χ1n) is 5.51. The maximum Gasteiger partial charge on any atom is 0.251 e. The van der Waals surface area contributed by atoms with E-state index < -0.39 is 0 Å². The molecule has 0 fully saturated rings. The van der Waals surface area contributed by atoms with Gasteiger partial charge in [-0.3, -0.25) is 4.79 Å². The number of carbonyl (C=O) groups excluding carboxylic acids is 1. The molecule has 0 aliphatic rings. The summed E-state index contributed by atoms with van der Waals surface area (Å²) in [5.74, 6) is 0.488. The van der Waals surface area contributed by atoms with Crippen LogP contribution in [0.15, 0.2) is 36.5 Å². The van der Waals surface area contributed by atoms with Crippen LogP contribution in [0.1, 0.15) is 21.9 Å². The normalized spacial score (nSPS) is 10.1. The highest BCUT2D eigenvalue weighted by Gasteiger charge is 2.06. The number of nitrogens with zero attached hydrogens (tertiary/aromatic N) is 2. The van der Waals surface area contributed by atoms with Crippen molar-refractivity contribution >= 4 is 5.91 Å². The van der Waals surface area contributed by atoms with Crippen molar-refractivity contribution in [2.24, 2.45) is 0 Å². The van der Waals surface area contributed by atoms with Crippen LogP contribution >= 0.6 is 0 Å². The smallest absolute Gasteiger partial charge is 0.251 e. The second-order valence-corrected chi connectivity index (χ2v) is 3.83. The van der Waals surface area contributed by atoms with Gasteiger partial charge in [0.2, 0.25) is 0 Å². The molecule has 1 amide bonds. The predicted octanol–water partition coefficient (Wildman–Crippen LogP) is 1.42. The van der Waals surface area contributed by atoms with E-state index in [0.29, 0.717) is 17.9 Å². The fourth-order valence-corrected chi connectivity index (χ4v) is 1.52. The summed E-state index contributed by atoms with van der Waals surface area (Å²) in [4.78, 5) is 20.0. The number of amides is 1. The number of benzene rings is 1. The average Bonchev–Trinajstić information content (AvgIpc) is 2.36. The maximum atomic E-state index is 11.8. The molecule has 18 heavy (non-hydrogen) atoms. The Morgan fingerprint density at radius 3 is 2.94 bits per heavy atom. The van der Waals surface area contributed by atoms with Gasteiger partial charge in [0, 0.05) is 11.8 Å². The minimum atomic E-state index is -0.248. The zero-order chi connectivity index (χ0) is 13.0. The minimum Gasteiger partial charge on any atom is -0.508 e. The summed E-state index contributed by atoms with van der Waals surface area (Å²) in [5, 5.41) is 12.0. The number of hydrogen-bond acceptors (Lipinski definition) is 4. The molecular weight excluding hydrogens is 230 g/mol. The highest BCUT2D eigenvalue weighted by atomic mass is 16.3. The van der Waals surface area contributed by atoms with E-state index in [1.807, 2.05) is 0 Å². The van der Waals surface area contributed by atoms with Gasteiger partial charge in [-0.25, -0.2) is 9.97 Å². The van der Waals surface area contributed by atoms with Crippen molar-refractivity contribution in [1.82, 2.24) is 15.3 Å². The number of nitrogens with one attached hydrogen (secondary N) is 1. The van der Waals surface area contributed by atoms with Gasteiger partial charge in [-0.2, -0.15) is 0 Å². The summed E-state index contributed by atoms with van der Waals surface area (Å²) in [5.41, 5.74) is 1.16. The molecule has 0 unspecified atom stereocenters. The molecule has 0 aliphatic carbocycles. The molecule has 1 aromatic heterocycles. The third-order valence-electron chi connectivity index (χ3n) is 2.37. The van der Waals surface area contributed by atoms with Crippen LogP contribution in [0.2, 0.25) is 0 Å². The third-order valence-corrected chi connectivity index (χ3v) is 2.37. The largest absolute Gasteiger partial charge is 0.508 e. The first kappa shape index (κ1) is 12.0. The minimum absolute atomic E-state index is 0.0699. The fraction of sp³-hybridized carbons (Fsp3) is 0.154. The van der Waals surface area contributed by atoms with Gasteiger partial charge in [0.1, 0.15) is 11.6 Å². The number of carbonyl (C=O) groups is 1. The predicted molar refractivity (Wildman–Crippen MR) is 66.0 cm³/mol. The van der Waals surface area contributed by atoms with E-state index in [2.05, 4.69) is 15.3 Å². The quantitative estimate of drug-likeness (QED) is 0.855. The summed E-state index contributed by atoms with van der Waals surface area (Å²) < 4.78 is 0. The Labute approximate surface area is 105 Å². The maximum absolute atomic E-state index is 11.8. The molecule has 0 atom stereocenters. The highest BCUT2D eigenvalue weighted by Crippen LogP contribution is 2.10. The zero-order valence-corrected chi connectivity index (χ0v) is 9.92. The summed E-state index contributed by atoms with van der Waals surface area (Å²) in [7, 11) is 0. The molecule has 0 spiro atoms. The number of phenolic OH excluding ortho intramolecular Hbond substituents is 1. The van der Waals surface area contributed by atoms with Crippen LogP contribution < -0.4 is 5.32 Å². The van der Waals surface area contributed by atoms with Crippen molar-refractivity contribution in [3.8, 4) is 5.75 Å². The number of aryl methyl sites for hydroxylation is 1. The molecule has 2 aromatic rings. The van der Waals surface area contributed by atoms with Gasteiger partial charge in [0.25, 0.3) is 5.91 Å². The van der Waals surface area contributed by atoms with Gasteiger partial charge in [0.05, 0.1) is 12.2 Å². The Morgan fingerprint density at radius 1 is 1.39 bits per heavy atom. The summed E-state index contributed by atoms with van der Waals surface area (Å²) in [6.45, 7) is 2.12. The molecule has 0 bridgehead atoms. The number of phenols is 1. The van der Waals surface area contributed by atoms with Gasteiger partial charge in [-0.1, -0.05) is 6.07 Å². The molecule has 0 saturated heterocycles. The molecule has 0 saturated carbocycles. The Morgan fingerprint density at radius 2 is 2.22 bits per heavy atom. The Kier molecular flexibility index (Phi) is 3.52. The van der Waals surface area contributed by atoms with Gasteiger partial charge in [-0.05, 0) is 31.2 Å². The van der Waals surface area contributed by atoms with E-state index in [9.17, 15) is 9.90 Å². The van der Waals surface area contributed by atoms with E-state index in [4.69, 9.17) is 0 Å². The van der Waals surface area contributed by atoms with Crippen LogP contribution in [0.25, 0.3) is 0 Å². The van der Waals surface area contributed by atoms with Crippen LogP contribution in [-0.2, 0) is 6.54 Å². The molecule has 5 nitrogen and oxygen atoms in total. The fourth-order valence-electron chi connectivity index (χ4n) is 1.52. The average molecular weight is 243 g/mol. The number of rotatable bonds is 3. The molecule has 0 aliphatic heterocycles. The standard InChI is InChI=1S/C13H13N3O2/c1-9-14-6-5-11(16-9)8-15-13(18)10-3-2-4-12(17)7-10/h2-7,17H,8H2,1H3,(H,15,18). The van der Waals surface area contributed by atoms with E-state index in [-0.39, 0.29) is 11.7 Å². The van der Waals surface area contributed by atoms with E-state index in [1.165, 1.54) is 12.1 Å². The summed E-state index contributed by atoms with van der Waals surface area (Å²) in [6, 6.07) is 7.94. The zero-order valence-electron chi connectivity index (χ0n) is 9.92. The van der Waals surface area contributed by atoms with Crippen LogP contribution in [0.5, 0.6) is 5.75 Å². The van der Waals surface area contributed by atoms with Gasteiger partial charge >= 0.3 is 0 Å².